The Hall–Kier alpha value is 0.150. The summed E-state index contributed by atoms with van der Waals surface area (Å²) in [6, 6.07) is 0. The van der Waals surface area contributed by atoms with E-state index >= 15 is 0 Å². The Balaban J connectivity index is 2.45. The molecule has 1 aliphatic rings. The van der Waals surface area contributed by atoms with E-state index in [4.69, 9.17) is 9.05 Å². The molecule has 0 amide bonds. The van der Waals surface area contributed by atoms with Crippen molar-refractivity contribution in [3.05, 3.63) is 0 Å². The lowest BCUT2D eigenvalue weighted by molar-refractivity contribution is 0.0809. The second-order valence-electron chi connectivity index (χ2n) is 4.09. The molecule has 0 aromatic carbocycles. The van der Waals surface area contributed by atoms with Gasteiger partial charge in [0.05, 0.1) is 12.7 Å². The monoisotopic (exact) mass is 220 g/mol. The Labute approximate surface area is 86.7 Å². The van der Waals surface area contributed by atoms with Crippen molar-refractivity contribution >= 4 is 7.60 Å². The second-order valence-corrected chi connectivity index (χ2v) is 6.11. The first-order chi connectivity index (χ1) is 6.55. The van der Waals surface area contributed by atoms with E-state index in [9.17, 15) is 4.57 Å². The zero-order valence-electron chi connectivity index (χ0n) is 9.36. The highest BCUT2D eigenvalue weighted by molar-refractivity contribution is 7.53. The summed E-state index contributed by atoms with van der Waals surface area (Å²) in [6.07, 6.45) is 4.78. The Bertz CT molecular complexity index is 217. The van der Waals surface area contributed by atoms with Gasteiger partial charge < -0.3 is 9.05 Å². The predicted octanol–water partition coefficient (Wildman–Crippen LogP) is 3.44. The lowest BCUT2D eigenvalue weighted by Gasteiger charge is -2.30. The smallest absolute Gasteiger partial charge is 0.309 e. The molecule has 3 atom stereocenters. The molecule has 1 aliphatic carbocycles. The molecule has 3 unspecified atom stereocenters. The number of hydrogen-bond donors (Lipinski definition) is 0. The molecular formula is C10H21O3P. The number of rotatable bonds is 4. The van der Waals surface area contributed by atoms with Crippen molar-refractivity contribution in [1.29, 1.82) is 0 Å². The van der Waals surface area contributed by atoms with Crippen molar-refractivity contribution in [2.45, 2.75) is 45.6 Å². The molecule has 0 aromatic rings. The molecule has 1 rings (SSSR count). The van der Waals surface area contributed by atoms with Gasteiger partial charge in [0, 0.05) is 6.66 Å². The molecule has 0 aliphatic heterocycles. The van der Waals surface area contributed by atoms with E-state index in [-0.39, 0.29) is 6.10 Å². The molecule has 0 N–H and O–H groups in total. The van der Waals surface area contributed by atoms with Gasteiger partial charge in [-0.1, -0.05) is 19.8 Å². The highest BCUT2D eigenvalue weighted by atomic mass is 31.2. The molecule has 0 heterocycles. The topological polar surface area (TPSA) is 35.5 Å². The van der Waals surface area contributed by atoms with Crippen LogP contribution in [-0.4, -0.2) is 19.4 Å². The van der Waals surface area contributed by atoms with Crippen molar-refractivity contribution in [3.63, 3.8) is 0 Å². The average Bonchev–Trinajstić information content (AvgIpc) is 2.08. The fourth-order valence-corrected chi connectivity index (χ4v) is 3.28. The average molecular weight is 220 g/mol. The summed E-state index contributed by atoms with van der Waals surface area (Å²) in [5, 5.41) is 0. The third-order valence-electron chi connectivity index (χ3n) is 2.72. The van der Waals surface area contributed by atoms with Gasteiger partial charge in [0.15, 0.2) is 0 Å². The van der Waals surface area contributed by atoms with Gasteiger partial charge in [-0.15, -0.1) is 0 Å². The van der Waals surface area contributed by atoms with Gasteiger partial charge in [-0.05, 0) is 25.7 Å². The fraction of sp³-hybridized carbons (Fsp3) is 1.00. The summed E-state index contributed by atoms with van der Waals surface area (Å²) in [6.45, 7) is 6.02. The zero-order chi connectivity index (χ0) is 10.6. The first-order valence-electron chi connectivity index (χ1n) is 5.45. The van der Waals surface area contributed by atoms with Crippen LogP contribution >= 0.6 is 7.60 Å². The largest absolute Gasteiger partial charge is 0.327 e. The van der Waals surface area contributed by atoms with Crippen LogP contribution in [0.1, 0.15) is 39.5 Å². The zero-order valence-corrected chi connectivity index (χ0v) is 10.3. The maximum absolute atomic E-state index is 11.8. The van der Waals surface area contributed by atoms with Crippen LogP contribution in [0.25, 0.3) is 0 Å². The van der Waals surface area contributed by atoms with Crippen LogP contribution in [-0.2, 0) is 13.6 Å². The quantitative estimate of drug-likeness (QED) is 0.681. The van der Waals surface area contributed by atoms with Gasteiger partial charge in [-0.2, -0.15) is 0 Å². The molecule has 3 nitrogen and oxygen atoms in total. The Morgan fingerprint density at radius 3 is 2.57 bits per heavy atom. The first-order valence-corrected chi connectivity index (χ1v) is 7.44. The maximum atomic E-state index is 11.8. The summed E-state index contributed by atoms with van der Waals surface area (Å²) in [7, 11) is -2.80. The van der Waals surface area contributed by atoms with E-state index in [2.05, 4.69) is 6.92 Å². The molecule has 0 spiro atoms. The van der Waals surface area contributed by atoms with Crippen molar-refractivity contribution in [2.75, 3.05) is 13.3 Å². The standard InChI is InChI=1S/C10H21O3P/c1-4-12-14(3,11)13-10-8-6-5-7-9(10)2/h9-10H,4-8H2,1-3H3. The summed E-state index contributed by atoms with van der Waals surface area (Å²) in [4.78, 5) is 0. The maximum Gasteiger partial charge on any atom is 0.327 e. The van der Waals surface area contributed by atoms with E-state index in [1.165, 1.54) is 19.3 Å². The van der Waals surface area contributed by atoms with Gasteiger partial charge >= 0.3 is 7.60 Å². The highest BCUT2D eigenvalue weighted by Gasteiger charge is 2.28. The van der Waals surface area contributed by atoms with Crippen LogP contribution < -0.4 is 0 Å². The fourth-order valence-electron chi connectivity index (χ4n) is 1.95. The van der Waals surface area contributed by atoms with Gasteiger partial charge in [0.1, 0.15) is 0 Å². The predicted molar refractivity (Wildman–Crippen MR) is 57.7 cm³/mol. The van der Waals surface area contributed by atoms with Gasteiger partial charge in [-0.25, -0.2) is 0 Å². The van der Waals surface area contributed by atoms with E-state index in [0.29, 0.717) is 12.5 Å². The van der Waals surface area contributed by atoms with Gasteiger partial charge in [-0.3, -0.25) is 4.57 Å². The molecule has 14 heavy (non-hydrogen) atoms. The minimum absolute atomic E-state index is 0.131. The summed E-state index contributed by atoms with van der Waals surface area (Å²) in [5.74, 6) is 0.512. The molecule has 4 heteroatoms. The van der Waals surface area contributed by atoms with E-state index in [0.717, 1.165) is 6.42 Å². The Kier molecular flexibility index (Phi) is 4.62. The SMILES string of the molecule is CCOP(C)(=O)OC1CCCCC1C. The van der Waals surface area contributed by atoms with Crippen molar-refractivity contribution in [1.82, 2.24) is 0 Å². The van der Waals surface area contributed by atoms with E-state index in [1.54, 1.807) is 6.66 Å². The Morgan fingerprint density at radius 1 is 1.36 bits per heavy atom. The van der Waals surface area contributed by atoms with Crippen molar-refractivity contribution < 1.29 is 13.6 Å². The Morgan fingerprint density at radius 2 is 2.00 bits per heavy atom. The lowest BCUT2D eigenvalue weighted by Crippen LogP contribution is -2.24. The summed E-state index contributed by atoms with van der Waals surface area (Å²) < 4.78 is 22.5. The molecule has 0 radical (unpaired) electrons. The van der Waals surface area contributed by atoms with E-state index in [1.807, 2.05) is 6.92 Å². The van der Waals surface area contributed by atoms with Gasteiger partial charge in [0.25, 0.3) is 0 Å². The molecular weight excluding hydrogens is 199 g/mol. The van der Waals surface area contributed by atoms with Crippen LogP contribution in [0.3, 0.4) is 0 Å². The summed E-state index contributed by atoms with van der Waals surface area (Å²) in [5.41, 5.74) is 0. The van der Waals surface area contributed by atoms with Crippen LogP contribution in [0, 0.1) is 5.92 Å². The molecule has 0 bridgehead atoms. The molecule has 0 aromatic heterocycles. The third-order valence-corrected chi connectivity index (χ3v) is 4.10. The molecule has 1 saturated carbocycles. The van der Waals surface area contributed by atoms with Crippen LogP contribution in [0.4, 0.5) is 0 Å². The molecule has 0 saturated heterocycles. The molecule has 84 valence electrons. The number of hydrogen-bond acceptors (Lipinski definition) is 3. The second kappa shape index (κ2) is 5.29. The minimum atomic E-state index is -2.80. The first kappa shape index (κ1) is 12.2. The van der Waals surface area contributed by atoms with Crippen LogP contribution in [0.15, 0.2) is 0 Å². The normalized spacial score (nSPS) is 32.5. The van der Waals surface area contributed by atoms with Crippen molar-refractivity contribution in [2.24, 2.45) is 5.92 Å². The van der Waals surface area contributed by atoms with Crippen LogP contribution in [0.5, 0.6) is 0 Å². The van der Waals surface area contributed by atoms with Crippen molar-refractivity contribution in [3.8, 4) is 0 Å². The summed E-state index contributed by atoms with van der Waals surface area (Å²) >= 11 is 0. The highest BCUT2D eigenvalue weighted by Crippen LogP contribution is 2.47. The van der Waals surface area contributed by atoms with Crippen LogP contribution in [0.2, 0.25) is 0 Å². The lowest BCUT2D eigenvalue weighted by atomic mass is 9.88. The molecule has 1 fully saturated rings. The minimum Gasteiger partial charge on any atom is -0.309 e. The van der Waals surface area contributed by atoms with E-state index < -0.39 is 7.60 Å². The van der Waals surface area contributed by atoms with Gasteiger partial charge in [0.2, 0.25) is 0 Å². The third kappa shape index (κ3) is 3.72.